The summed E-state index contributed by atoms with van der Waals surface area (Å²) in [6, 6.07) is 14.5. The molecule has 2 aliphatic rings. The van der Waals surface area contributed by atoms with E-state index >= 15 is 0 Å². The molecule has 2 heterocycles. The fraction of sp³-hybridized carbons (Fsp3) is 0.333. The second-order valence-corrected chi connectivity index (χ2v) is 9.79. The number of benzene rings is 2. The number of hydrogen-bond donors (Lipinski definition) is 0. The van der Waals surface area contributed by atoms with Gasteiger partial charge in [-0.3, -0.25) is 14.5 Å². The maximum atomic E-state index is 12.9. The molecule has 30 heavy (non-hydrogen) atoms. The highest BCUT2D eigenvalue weighted by molar-refractivity contribution is 7.94. The van der Waals surface area contributed by atoms with Crippen LogP contribution in [0, 0.1) is 0 Å². The van der Waals surface area contributed by atoms with Gasteiger partial charge in [0, 0.05) is 39.1 Å². The minimum Gasteiger partial charge on any atom is -0.336 e. The summed E-state index contributed by atoms with van der Waals surface area (Å²) in [6.07, 6.45) is -0.0477. The van der Waals surface area contributed by atoms with Gasteiger partial charge >= 0.3 is 0 Å². The van der Waals surface area contributed by atoms with E-state index in [1.165, 1.54) is 23.8 Å². The molecule has 2 fully saturated rings. The molecule has 2 amide bonds. The lowest BCUT2D eigenvalue weighted by Gasteiger charge is -2.35. The fourth-order valence-corrected chi connectivity index (χ4v) is 5.50. The van der Waals surface area contributed by atoms with Crippen LogP contribution in [0.4, 0.5) is 5.69 Å². The van der Waals surface area contributed by atoms with Crippen molar-refractivity contribution in [3.05, 3.63) is 64.7 Å². The molecule has 0 spiro atoms. The van der Waals surface area contributed by atoms with Crippen LogP contribution in [0.3, 0.4) is 0 Å². The number of nitrogens with zero attached hydrogens (tertiary/aromatic N) is 3. The van der Waals surface area contributed by atoms with E-state index in [2.05, 4.69) is 17.0 Å². The van der Waals surface area contributed by atoms with Crippen molar-refractivity contribution in [3.63, 3.8) is 0 Å². The van der Waals surface area contributed by atoms with Crippen molar-refractivity contribution in [2.45, 2.75) is 13.0 Å². The molecule has 0 radical (unpaired) electrons. The van der Waals surface area contributed by atoms with Crippen molar-refractivity contribution in [2.75, 3.05) is 36.2 Å². The van der Waals surface area contributed by atoms with Gasteiger partial charge in [0.25, 0.3) is 5.91 Å². The van der Waals surface area contributed by atoms with Gasteiger partial charge in [0.1, 0.15) is 0 Å². The van der Waals surface area contributed by atoms with Crippen LogP contribution in [-0.4, -0.2) is 62.0 Å². The first-order valence-corrected chi connectivity index (χ1v) is 11.7. The van der Waals surface area contributed by atoms with Crippen molar-refractivity contribution in [1.29, 1.82) is 0 Å². The minimum absolute atomic E-state index is 0.0477. The molecule has 9 heteroatoms. The van der Waals surface area contributed by atoms with Gasteiger partial charge in [-0.15, -0.1) is 0 Å². The smallest absolute Gasteiger partial charge is 0.255 e. The van der Waals surface area contributed by atoms with Gasteiger partial charge in [-0.05, 0) is 23.8 Å². The lowest BCUT2D eigenvalue weighted by Crippen LogP contribution is -2.48. The first kappa shape index (κ1) is 20.8. The Morgan fingerprint density at radius 1 is 1.00 bits per heavy atom. The van der Waals surface area contributed by atoms with Crippen LogP contribution in [0.5, 0.6) is 0 Å². The third-order valence-corrected chi connectivity index (χ3v) is 7.41. The third kappa shape index (κ3) is 4.21. The van der Waals surface area contributed by atoms with Crippen LogP contribution in [0.2, 0.25) is 5.02 Å². The molecule has 0 N–H and O–H groups in total. The summed E-state index contributed by atoms with van der Waals surface area (Å²) in [5.74, 6) is -0.890. The molecule has 0 aromatic heterocycles. The molecule has 7 nitrogen and oxygen atoms in total. The van der Waals surface area contributed by atoms with Gasteiger partial charge in [-0.25, -0.2) is 12.7 Å². The van der Waals surface area contributed by atoms with E-state index in [4.69, 9.17) is 11.6 Å². The summed E-state index contributed by atoms with van der Waals surface area (Å²) >= 11 is 6.31. The maximum Gasteiger partial charge on any atom is 0.255 e. The average Bonchev–Trinajstić information content (AvgIpc) is 3.01. The zero-order valence-corrected chi connectivity index (χ0v) is 17.9. The molecule has 2 aromatic carbocycles. The zero-order chi connectivity index (χ0) is 21.3. The Hall–Kier alpha value is -2.42. The van der Waals surface area contributed by atoms with Crippen molar-refractivity contribution in [2.24, 2.45) is 0 Å². The van der Waals surface area contributed by atoms with Crippen LogP contribution in [-0.2, 0) is 21.4 Å². The van der Waals surface area contributed by atoms with E-state index < -0.39 is 15.9 Å². The number of carbonyl (C=O) groups is 2. The molecule has 0 bridgehead atoms. The average molecular weight is 448 g/mol. The number of sulfonamides is 1. The number of halogens is 1. The first-order valence-electron chi connectivity index (χ1n) is 9.76. The molecule has 2 aliphatic heterocycles. The lowest BCUT2D eigenvalue weighted by atomic mass is 10.1. The number of amides is 2. The Balaban J connectivity index is 1.42. The number of piperazine rings is 1. The van der Waals surface area contributed by atoms with Crippen molar-refractivity contribution < 1.29 is 18.0 Å². The normalized spacial score (nSPS) is 19.3. The first-order chi connectivity index (χ1) is 14.3. The van der Waals surface area contributed by atoms with Gasteiger partial charge in [0.05, 0.1) is 22.0 Å². The number of rotatable bonds is 4. The highest BCUT2D eigenvalue weighted by Crippen LogP contribution is 2.30. The van der Waals surface area contributed by atoms with Crippen LogP contribution < -0.4 is 4.31 Å². The molecule has 0 aliphatic carbocycles. The summed E-state index contributed by atoms with van der Waals surface area (Å²) in [5, 5.41) is 0.138. The Bertz CT molecular complexity index is 1070. The summed E-state index contributed by atoms with van der Waals surface area (Å²) in [6.45, 7) is 3.54. The monoisotopic (exact) mass is 447 g/mol. The predicted octanol–water partition coefficient (Wildman–Crippen LogP) is 2.36. The van der Waals surface area contributed by atoms with E-state index in [-0.39, 0.29) is 28.8 Å². The molecular formula is C21H22ClN3O4S. The van der Waals surface area contributed by atoms with Crippen LogP contribution >= 0.6 is 11.6 Å². The number of hydrogen-bond acceptors (Lipinski definition) is 5. The third-order valence-electron chi connectivity index (χ3n) is 5.40. The second-order valence-electron chi connectivity index (χ2n) is 7.44. The predicted molar refractivity (Wildman–Crippen MR) is 115 cm³/mol. The van der Waals surface area contributed by atoms with E-state index in [0.29, 0.717) is 18.7 Å². The highest BCUT2D eigenvalue weighted by atomic mass is 35.5. The Morgan fingerprint density at radius 3 is 2.30 bits per heavy atom. The zero-order valence-electron chi connectivity index (χ0n) is 16.3. The van der Waals surface area contributed by atoms with Crippen LogP contribution in [0.25, 0.3) is 0 Å². The topological polar surface area (TPSA) is 78.0 Å². The standard InChI is InChI=1S/C21H22ClN3O4S/c22-19-14-17(25-20(26)8-13-30(25,28)29)6-7-18(19)21(27)24-11-9-23(10-12-24)15-16-4-2-1-3-5-16/h1-7,14H,8-13,15H2. The van der Waals surface area contributed by atoms with E-state index in [9.17, 15) is 18.0 Å². The highest BCUT2D eigenvalue weighted by Gasteiger charge is 2.36. The van der Waals surface area contributed by atoms with Gasteiger partial charge < -0.3 is 4.90 Å². The number of carbonyl (C=O) groups excluding carboxylic acids is 2. The Kier molecular flexibility index (Phi) is 5.81. The molecule has 0 atom stereocenters. The Morgan fingerprint density at radius 2 is 1.70 bits per heavy atom. The quantitative estimate of drug-likeness (QED) is 0.719. The molecule has 0 unspecified atom stereocenters. The largest absolute Gasteiger partial charge is 0.336 e. The molecule has 158 valence electrons. The van der Waals surface area contributed by atoms with E-state index in [1.807, 2.05) is 18.2 Å². The number of anilines is 1. The SMILES string of the molecule is O=C(c1ccc(N2C(=O)CCS2(=O)=O)cc1Cl)N1CCN(Cc2ccccc2)CC1. The van der Waals surface area contributed by atoms with Gasteiger partial charge in [0.2, 0.25) is 15.9 Å². The Labute approximate surface area is 180 Å². The fourth-order valence-electron chi connectivity index (χ4n) is 3.79. The molecule has 2 saturated heterocycles. The summed E-state index contributed by atoms with van der Waals surface area (Å²) in [7, 11) is -3.67. The molecule has 4 rings (SSSR count). The van der Waals surface area contributed by atoms with E-state index in [0.717, 1.165) is 23.9 Å². The van der Waals surface area contributed by atoms with Crippen molar-refractivity contribution in [3.8, 4) is 0 Å². The molecule has 2 aromatic rings. The molecule has 0 saturated carbocycles. The summed E-state index contributed by atoms with van der Waals surface area (Å²) < 4.78 is 25.0. The van der Waals surface area contributed by atoms with Crippen molar-refractivity contribution >= 4 is 39.1 Å². The maximum absolute atomic E-state index is 12.9. The molecular weight excluding hydrogens is 426 g/mol. The minimum atomic E-state index is -3.67. The van der Waals surface area contributed by atoms with Gasteiger partial charge in [0.15, 0.2) is 0 Å². The summed E-state index contributed by atoms with van der Waals surface area (Å²) in [4.78, 5) is 28.9. The second kappa shape index (κ2) is 8.37. The van der Waals surface area contributed by atoms with Crippen LogP contribution in [0.1, 0.15) is 22.3 Å². The van der Waals surface area contributed by atoms with Crippen molar-refractivity contribution in [1.82, 2.24) is 9.80 Å². The van der Waals surface area contributed by atoms with Gasteiger partial charge in [-0.2, -0.15) is 0 Å². The van der Waals surface area contributed by atoms with Crippen LogP contribution in [0.15, 0.2) is 48.5 Å². The van der Waals surface area contributed by atoms with E-state index in [1.54, 1.807) is 4.90 Å². The lowest BCUT2D eigenvalue weighted by molar-refractivity contribution is -0.116. The van der Waals surface area contributed by atoms with Gasteiger partial charge in [-0.1, -0.05) is 41.9 Å². The summed E-state index contributed by atoms with van der Waals surface area (Å²) in [5.41, 5.74) is 1.72.